The lowest BCUT2D eigenvalue weighted by Crippen LogP contribution is -2.17. The minimum atomic E-state index is 0.722. The molecule has 12 heavy (non-hydrogen) atoms. The van der Waals surface area contributed by atoms with Crippen molar-refractivity contribution >= 4 is 0 Å². The fraction of sp³-hybridized carbons (Fsp3) is 1.00. The summed E-state index contributed by atoms with van der Waals surface area (Å²) in [5.74, 6) is 2.08. The Labute approximate surface area is 76.7 Å². The van der Waals surface area contributed by atoms with Crippen LogP contribution in [0.1, 0.15) is 53.4 Å². The fourth-order valence-corrected chi connectivity index (χ4v) is 4.63. The van der Waals surface area contributed by atoms with Crippen molar-refractivity contribution < 1.29 is 0 Å². The van der Waals surface area contributed by atoms with E-state index in [2.05, 4.69) is 27.7 Å². The van der Waals surface area contributed by atoms with Crippen molar-refractivity contribution in [2.75, 3.05) is 0 Å². The second-order valence-corrected chi connectivity index (χ2v) is 5.20. The molecule has 0 aromatic heterocycles. The molecule has 0 spiro atoms. The molecule has 2 aliphatic rings. The van der Waals surface area contributed by atoms with Gasteiger partial charge in [0.1, 0.15) is 0 Å². The van der Waals surface area contributed by atoms with Gasteiger partial charge in [0.05, 0.1) is 0 Å². The summed E-state index contributed by atoms with van der Waals surface area (Å²) in [7, 11) is 0. The third-order valence-corrected chi connectivity index (χ3v) is 5.46. The van der Waals surface area contributed by atoms with Crippen LogP contribution < -0.4 is 0 Å². The van der Waals surface area contributed by atoms with Crippen molar-refractivity contribution in [2.24, 2.45) is 22.7 Å². The lowest BCUT2D eigenvalue weighted by atomic mass is 9.79. The molecule has 0 N–H and O–H groups in total. The Morgan fingerprint density at radius 3 is 2.17 bits per heavy atom. The number of hydrogen-bond donors (Lipinski definition) is 0. The summed E-state index contributed by atoms with van der Waals surface area (Å²) in [6, 6.07) is 0. The summed E-state index contributed by atoms with van der Waals surface area (Å²) in [6.07, 6.45) is 5.83. The lowest BCUT2D eigenvalue weighted by Gasteiger charge is -2.26. The van der Waals surface area contributed by atoms with Crippen LogP contribution in [-0.4, -0.2) is 0 Å². The molecule has 0 saturated heterocycles. The average Bonchev–Trinajstić information content (AvgIpc) is 2.41. The molecule has 3 unspecified atom stereocenters. The van der Waals surface area contributed by atoms with Crippen LogP contribution in [0.4, 0.5) is 0 Å². The van der Waals surface area contributed by atoms with E-state index >= 15 is 0 Å². The van der Waals surface area contributed by atoms with Gasteiger partial charge in [-0.2, -0.15) is 0 Å². The summed E-state index contributed by atoms with van der Waals surface area (Å²) < 4.78 is 0. The van der Waals surface area contributed by atoms with Crippen LogP contribution in [0.5, 0.6) is 0 Å². The van der Waals surface area contributed by atoms with Gasteiger partial charge in [-0.15, -0.1) is 0 Å². The zero-order chi connectivity index (χ0) is 8.98. The molecule has 2 rings (SSSR count). The van der Waals surface area contributed by atoms with E-state index in [0.717, 1.165) is 22.7 Å². The SMILES string of the molecule is CCC1(C)C2CCC(C)[C@@]21CC. The zero-order valence-electron chi connectivity index (χ0n) is 8.98. The molecule has 0 amide bonds. The summed E-state index contributed by atoms with van der Waals surface area (Å²) in [6.45, 7) is 9.78. The molecule has 0 aliphatic heterocycles. The molecule has 2 fully saturated rings. The van der Waals surface area contributed by atoms with Crippen molar-refractivity contribution in [2.45, 2.75) is 53.4 Å². The van der Waals surface area contributed by atoms with Gasteiger partial charge in [-0.1, -0.05) is 27.7 Å². The van der Waals surface area contributed by atoms with Crippen LogP contribution >= 0.6 is 0 Å². The fourth-order valence-electron chi connectivity index (χ4n) is 4.63. The van der Waals surface area contributed by atoms with Gasteiger partial charge in [0, 0.05) is 0 Å². The Bertz CT molecular complexity index is 196. The molecule has 70 valence electrons. The van der Waals surface area contributed by atoms with Gasteiger partial charge < -0.3 is 0 Å². The second kappa shape index (κ2) is 2.27. The summed E-state index contributed by atoms with van der Waals surface area (Å²) >= 11 is 0. The maximum atomic E-state index is 2.52. The normalized spacial score (nSPS) is 57.0. The van der Waals surface area contributed by atoms with Gasteiger partial charge in [-0.25, -0.2) is 0 Å². The number of hydrogen-bond acceptors (Lipinski definition) is 0. The van der Waals surface area contributed by atoms with Gasteiger partial charge in [-0.3, -0.25) is 0 Å². The van der Waals surface area contributed by atoms with Crippen molar-refractivity contribution in [3.8, 4) is 0 Å². The molecule has 0 radical (unpaired) electrons. The van der Waals surface area contributed by atoms with Crippen LogP contribution in [0.2, 0.25) is 0 Å². The standard InChI is InChI=1S/C12H22/c1-5-11(4)10-8-7-9(3)12(10,11)6-2/h9-10H,5-8H2,1-4H3/t9?,10?,11?,12-/m0/s1. The van der Waals surface area contributed by atoms with E-state index < -0.39 is 0 Å². The monoisotopic (exact) mass is 166 g/mol. The van der Waals surface area contributed by atoms with E-state index in [1.54, 1.807) is 0 Å². The maximum absolute atomic E-state index is 2.52. The minimum Gasteiger partial charge on any atom is -0.0648 e. The smallest absolute Gasteiger partial charge is 0.0184 e. The highest BCUT2D eigenvalue weighted by molar-refractivity contribution is 5.22. The number of rotatable bonds is 2. The molecule has 2 saturated carbocycles. The molecule has 2 aliphatic carbocycles. The molecule has 0 aromatic rings. The van der Waals surface area contributed by atoms with Gasteiger partial charge in [0.15, 0.2) is 0 Å². The topological polar surface area (TPSA) is 0 Å². The Morgan fingerprint density at radius 2 is 1.83 bits per heavy atom. The molecule has 0 heterocycles. The highest BCUT2D eigenvalue weighted by Crippen LogP contribution is 2.81. The van der Waals surface area contributed by atoms with Crippen LogP contribution in [-0.2, 0) is 0 Å². The Hall–Kier alpha value is 0. The molecule has 4 atom stereocenters. The maximum Gasteiger partial charge on any atom is -0.0184 e. The van der Waals surface area contributed by atoms with Crippen molar-refractivity contribution in [1.82, 2.24) is 0 Å². The largest absolute Gasteiger partial charge is 0.0648 e. The van der Waals surface area contributed by atoms with E-state index in [-0.39, 0.29) is 0 Å². The van der Waals surface area contributed by atoms with Crippen molar-refractivity contribution in [3.05, 3.63) is 0 Å². The van der Waals surface area contributed by atoms with E-state index in [9.17, 15) is 0 Å². The van der Waals surface area contributed by atoms with E-state index in [1.165, 1.54) is 25.7 Å². The molecule has 0 nitrogen and oxygen atoms in total. The van der Waals surface area contributed by atoms with Crippen molar-refractivity contribution in [3.63, 3.8) is 0 Å². The van der Waals surface area contributed by atoms with Gasteiger partial charge >= 0.3 is 0 Å². The summed E-state index contributed by atoms with van der Waals surface area (Å²) in [5.41, 5.74) is 1.49. The summed E-state index contributed by atoms with van der Waals surface area (Å²) in [5, 5.41) is 0. The highest BCUT2D eigenvalue weighted by Gasteiger charge is 2.74. The van der Waals surface area contributed by atoms with Crippen LogP contribution in [0.3, 0.4) is 0 Å². The quantitative estimate of drug-likeness (QED) is 0.584. The minimum absolute atomic E-state index is 0.722. The third-order valence-electron chi connectivity index (χ3n) is 5.46. The average molecular weight is 166 g/mol. The second-order valence-electron chi connectivity index (χ2n) is 5.20. The first kappa shape index (κ1) is 8.59. The Morgan fingerprint density at radius 1 is 1.17 bits per heavy atom. The molecule has 0 bridgehead atoms. The highest BCUT2D eigenvalue weighted by atomic mass is 14.8. The van der Waals surface area contributed by atoms with E-state index in [1.807, 2.05) is 0 Å². The van der Waals surface area contributed by atoms with E-state index in [0.29, 0.717) is 0 Å². The summed E-state index contributed by atoms with van der Waals surface area (Å²) in [4.78, 5) is 0. The first-order chi connectivity index (χ1) is 5.63. The van der Waals surface area contributed by atoms with Gasteiger partial charge in [0.2, 0.25) is 0 Å². The van der Waals surface area contributed by atoms with Gasteiger partial charge in [0.25, 0.3) is 0 Å². The Kier molecular flexibility index (Phi) is 1.63. The molecular weight excluding hydrogens is 144 g/mol. The van der Waals surface area contributed by atoms with Crippen LogP contribution in [0.15, 0.2) is 0 Å². The predicted octanol–water partition coefficient (Wildman–Crippen LogP) is 3.86. The van der Waals surface area contributed by atoms with Crippen LogP contribution in [0.25, 0.3) is 0 Å². The third kappa shape index (κ3) is 0.625. The number of fused-ring (bicyclic) bond motifs is 1. The van der Waals surface area contributed by atoms with Crippen LogP contribution in [0, 0.1) is 22.7 Å². The van der Waals surface area contributed by atoms with E-state index in [4.69, 9.17) is 0 Å². The Balaban J connectivity index is 2.27. The zero-order valence-corrected chi connectivity index (χ0v) is 8.98. The van der Waals surface area contributed by atoms with Gasteiger partial charge in [-0.05, 0) is 48.3 Å². The first-order valence-electron chi connectivity index (χ1n) is 5.63. The van der Waals surface area contributed by atoms with Crippen molar-refractivity contribution in [1.29, 1.82) is 0 Å². The molecular formula is C12H22. The predicted molar refractivity (Wildman–Crippen MR) is 53.0 cm³/mol. The first-order valence-corrected chi connectivity index (χ1v) is 5.63. The molecule has 0 aromatic carbocycles. The molecule has 0 heteroatoms. The lowest BCUT2D eigenvalue weighted by molar-refractivity contribution is 0.235.